The Hall–Kier alpha value is -4.30. The molecule has 0 fully saturated rings. The van der Waals surface area contributed by atoms with E-state index in [1.54, 1.807) is 38.4 Å². The number of carbonyl (C=O) groups excluding carboxylic acids is 3. The van der Waals surface area contributed by atoms with Crippen molar-refractivity contribution in [3.05, 3.63) is 131 Å². The molecular formula is C41H55N5O5S3. The van der Waals surface area contributed by atoms with Crippen LogP contribution in [0.1, 0.15) is 63.8 Å². The minimum Gasteiger partial charge on any atom is -0.325 e. The molecule has 0 aromatic heterocycles. The van der Waals surface area contributed by atoms with E-state index >= 15 is 0 Å². The summed E-state index contributed by atoms with van der Waals surface area (Å²) in [4.78, 5) is 43.9. The highest BCUT2D eigenvalue weighted by Crippen LogP contribution is 2.26. The summed E-state index contributed by atoms with van der Waals surface area (Å²) in [5.74, 6) is -0.960. The van der Waals surface area contributed by atoms with Gasteiger partial charge in [0.05, 0.1) is 0 Å². The summed E-state index contributed by atoms with van der Waals surface area (Å²) in [6.07, 6.45) is 0.138. The molecule has 0 heterocycles. The van der Waals surface area contributed by atoms with E-state index < -0.39 is 40.1 Å². The Bertz CT molecular complexity index is 1930. The van der Waals surface area contributed by atoms with Gasteiger partial charge in [-0.05, 0) is 63.8 Å². The van der Waals surface area contributed by atoms with Crippen LogP contribution < -0.4 is 24.6 Å². The third-order valence-electron chi connectivity index (χ3n) is 8.89. The average Bonchev–Trinajstić information content (AvgIpc) is 3.09. The first kappa shape index (κ1) is 45.9. The summed E-state index contributed by atoms with van der Waals surface area (Å²) in [7, 11) is -1.42. The monoisotopic (exact) mass is 793 g/mol. The molecule has 3 N–H and O–H groups in total. The zero-order valence-corrected chi connectivity index (χ0v) is 35.1. The van der Waals surface area contributed by atoms with Crippen LogP contribution >= 0.6 is 27.0 Å². The lowest BCUT2D eigenvalue weighted by molar-refractivity contribution is -0.120. The van der Waals surface area contributed by atoms with Crippen LogP contribution in [-0.2, 0) is 43.5 Å². The maximum atomic E-state index is 13.9. The molecule has 292 valence electrons. The molecular weight excluding hydrogens is 739 g/mol. The number of urea groups is 1. The summed E-state index contributed by atoms with van der Waals surface area (Å²) in [6.45, 7) is 12.6. The molecule has 0 bridgehead atoms. The van der Waals surface area contributed by atoms with Crippen LogP contribution in [0.15, 0.2) is 109 Å². The molecule has 54 heavy (non-hydrogen) atoms. The quantitative estimate of drug-likeness (QED) is 0.151. The van der Waals surface area contributed by atoms with Crippen molar-refractivity contribution in [1.82, 2.24) is 14.8 Å². The molecule has 4 aromatic rings. The molecule has 10 nitrogen and oxygen atoms in total. The Morgan fingerprint density at radius 1 is 0.574 bits per heavy atom. The topological polar surface area (TPSA) is 128 Å². The first-order valence-corrected chi connectivity index (χ1v) is 18.8. The molecule has 0 saturated carbocycles. The molecule has 4 rings (SSSR count). The van der Waals surface area contributed by atoms with Gasteiger partial charge in [0.2, 0.25) is 11.8 Å². The van der Waals surface area contributed by atoms with Crippen molar-refractivity contribution in [2.75, 3.05) is 23.9 Å². The lowest BCUT2D eigenvalue weighted by Crippen LogP contribution is -2.57. The van der Waals surface area contributed by atoms with Gasteiger partial charge in [0, 0.05) is 31.9 Å². The van der Waals surface area contributed by atoms with E-state index in [1.165, 1.54) is 9.80 Å². The first-order valence-electron chi connectivity index (χ1n) is 17.3. The molecule has 0 aliphatic rings. The molecule has 0 aliphatic heterocycles. The normalized spacial score (nSPS) is 12.6. The van der Waals surface area contributed by atoms with Crippen LogP contribution in [0.25, 0.3) is 0 Å². The maximum Gasteiger partial charge on any atom is 0.330 e. The van der Waals surface area contributed by atoms with E-state index in [2.05, 4.69) is 51.6 Å². The van der Waals surface area contributed by atoms with Gasteiger partial charge in [0.15, 0.2) is 0 Å². The van der Waals surface area contributed by atoms with Crippen LogP contribution in [0.2, 0.25) is 0 Å². The second-order valence-electron chi connectivity index (χ2n) is 15.1. The molecule has 0 radical (unpaired) electrons. The van der Waals surface area contributed by atoms with Gasteiger partial charge in [-0.1, -0.05) is 126 Å². The summed E-state index contributed by atoms with van der Waals surface area (Å²) < 4.78 is 31.3. The number of nitrogens with zero attached hydrogens (tertiary/aromatic N) is 2. The standard InChI is InChI=1S/C41H51N5O5S.2H2S/c1-40(2,3)31-19-23-33(24-20-31)45(7)37(47)35(27-29-15-11-9-12-16-29)42-39(49)44-52(50,51)43-36(28-30-17-13-10-14-18-30)38(48)46(8)34-25-21-32(22-26-34)41(4,5)6;;/h9-26,35-36,43H,27-28H2,1-8H3,(H2,42,44,49);2*1H2/t35-,36-;;/m0../s1. The number of likely N-dealkylation sites (N-methyl/N-ethyl adjacent to an activating group) is 2. The Balaban J connectivity index is 0.00000504. The molecule has 4 amide bonds. The number of carbonyl (C=O) groups is 3. The number of hydrogen-bond acceptors (Lipinski definition) is 5. The zero-order chi connectivity index (χ0) is 38.3. The number of rotatable bonds is 12. The van der Waals surface area contributed by atoms with Crippen LogP contribution in [0.4, 0.5) is 16.2 Å². The largest absolute Gasteiger partial charge is 0.330 e. The first-order chi connectivity index (χ1) is 24.3. The number of hydrogen-bond donors (Lipinski definition) is 3. The van der Waals surface area contributed by atoms with Crippen molar-refractivity contribution in [2.45, 2.75) is 77.3 Å². The van der Waals surface area contributed by atoms with Gasteiger partial charge in [-0.15, -0.1) is 0 Å². The molecule has 2 atom stereocenters. The fraction of sp³-hybridized carbons (Fsp3) is 0.341. The van der Waals surface area contributed by atoms with Gasteiger partial charge in [-0.3, -0.25) is 9.59 Å². The van der Waals surface area contributed by atoms with Gasteiger partial charge < -0.3 is 15.1 Å². The molecule has 0 unspecified atom stereocenters. The lowest BCUT2D eigenvalue weighted by Gasteiger charge is -2.27. The average molecular weight is 794 g/mol. The molecule has 4 aromatic carbocycles. The van der Waals surface area contributed by atoms with Crippen molar-refractivity contribution >= 4 is 66.4 Å². The van der Waals surface area contributed by atoms with Gasteiger partial charge in [-0.25, -0.2) is 9.52 Å². The summed E-state index contributed by atoms with van der Waals surface area (Å²) in [6, 6.07) is 29.7. The second-order valence-corrected chi connectivity index (χ2v) is 16.5. The van der Waals surface area contributed by atoms with Gasteiger partial charge in [0.25, 0.3) is 0 Å². The van der Waals surface area contributed by atoms with Crippen molar-refractivity contribution in [1.29, 1.82) is 0 Å². The van der Waals surface area contributed by atoms with Crippen molar-refractivity contribution in [3.63, 3.8) is 0 Å². The highest BCUT2D eigenvalue weighted by atomic mass is 32.2. The summed E-state index contributed by atoms with van der Waals surface area (Å²) in [5.41, 5.74) is 4.71. The molecule has 0 aliphatic carbocycles. The highest BCUT2D eigenvalue weighted by molar-refractivity contribution is 7.88. The summed E-state index contributed by atoms with van der Waals surface area (Å²) >= 11 is 0. The molecule has 0 saturated heterocycles. The number of anilines is 2. The van der Waals surface area contributed by atoms with Gasteiger partial charge >= 0.3 is 16.2 Å². The van der Waals surface area contributed by atoms with Crippen LogP contribution in [0, 0.1) is 0 Å². The van der Waals surface area contributed by atoms with E-state index in [-0.39, 0.29) is 50.7 Å². The second kappa shape index (κ2) is 19.3. The van der Waals surface area contributed by atoms with E-state index in [9.17, 15) is 22.8 Å². The minimum atomic E-state index is -4.61. The predicted molar refractivity (Wildman–Crippen MR) is 229 cm³/mol. The predicted octanol–water partition coefficient (Wildman–Crippen LogP) is 6.49. The number of amides is 4. The highest BCUT2D eigenvalue weighted by Gasteiger charge is 2.31. The fourth-order valence-corrected chi connectivity index (χ4v) is 6.62. The van der Waals surface area contributed by atoms with Crippen LogP contribution in [0.3, 0.4) is 0 Å². The van der Waals surface area contributed by atoms with Gasteiger partial charge in [-0.2, -0.15) is 40.1 Å². The minimum absolute atomic E-state index is 0. The Kier molecular flexibility index (Phi) is 16.4. The Labute approximate surface area is 335 Å². The van der Waals surface area contributed by atoms with Crippen LogP contribution in [0.5, 0.6) is 0 Å². The molecule has 0 spiro atoms. The lowest BCUT2D eigenvalue weighted by atomic mass is 9.87. The Morgan fingerprint density at radius 3 is 1.30 bits per heavy atom. The number of benzene rings is 4. The third kappa shape index (κ3) is 12.9. The van der Waals surface area contributed by atoms with E-state index in [1.807, 2.05) is 89.7 Å². The maximum absolute atomic E-state index is 13.9. The number of nitrogens with one attached hydrogen (secondary N) is 3. The fourth-order valence-electron chi connectivity index (χ4n) is 5.70. The smallest absolute Gasteiger partial charge is 0.325 e. The van der Waals surface area contributed by atoms with Gasteiger partial charge in [0.1, 0.15) is 12.1 Å². The van der Waals surface area contributed by atoms with Crippen molar-refractivity contribution in [3.8, 4) is 0 Å². The van der Waals surface area contributed by atoms with Crippen molar-refractivity contribution < 1.29 is 22.8 Å². The third-order valence-corrected chi connectivity index (χ3v) is 9.94. The molecule has 13 heteroatoms. The Morgan fingerprint density at radius 2 is 0.926 bits per heavy atom. The van der Waals surface area contributed by atoms with E-state index in [0.717, 1.165) is 22.3 Å². The summed E-state index contributed by atoms with van der Waals surface area (Å²) in [5, 5.41) is 2.57. The van der Waals surface area contributed by atoms with Crippen molar-refractivity contribution in [2.24, 2.45) is 0 Å². The van der Waals surface area contributed by atoms with E-state index in [4.69, 9.17) is 0 Å². The van der Waals surface area contributed by atoms with E-state index in [0.29, 0.717) is 11.4 Å². The van der Waals surface area contributed by atoms with Crippen LogP contribution in [-0.4, -0.2) is 52.4 Å². The zero-order valence-electron chi connectivity index (χ0n) is 32.3. The SMILES string of the molecule is CN(C(=O)[C@H](Cc1ccccc1)NC(=O)NS(=O)(=O)N[C@@H](Cc1ccccc1)C(=O)N(C)c1ccc(C(C)(C)C)cc1)c1ccc(C(C)(C)C)cc1.S.S.